The average molecular weight is 818 g/mol. The predicted octanol–water partition coefficient (Wildman–Crippen LogP) is 7.34. The minimum absolute atomic E-state index is 0.00913. The first-order chi connectivity index (χ1) is 27.7. The number of carbonyl (C=O) groups is 2. The summed E-state index contributed by atoms with van der Waals surface area (Å²) in [4.78, 5) is 45.9. The molecular formula is C42H60ClN3O11. The first-order valence-electron chi connectivity index (χ1n) is 20.7. The Labute approximate surface area is 341 Å². The number of methoxy groups -OCH3 is 1. The molecule has 3 atom stereocenters. The quantitative estimate of drug-likeness (QED) is 0.0478. The van der Waals surface area contributed by atoms with Crippen LogP contribution in [0.2, 0.25) is 5.02 Å². The molecule has 1 saturated heterocycles. The molecule has 0 N–H and O–H groups in total. The first kappa shape index (κ1) is 44.3. The van der Waals surface area contributed by atoms with E-state index in [9.17, 15) is 19.7 Å². The molecule has 1 aliphatic carbocycles. The molecule has 14 nitrogen and oxygen atoms in total. The van der Waals surface area contributed by atoms with E-state index in [1.807, 2.05) is 36.4 Å². The molecule has 5 rings (SSSR count). The van der Waals surface area contributed by atoms with Gasteiger partial charge in [-0.1, -0.05) is 43.9 Å². The summed E-state index contributed by atoms with van der Waals surface area (Å²) in [5, 5.41) is 10.4. The van der Waals surface area contributed by atoms with Gasteiger partial charge in [-0.3, -0.25) is 9.59 Å². The Bertz CT molecular complexity index is 1540. The second kappa shape index (κ2) is 23.5. The molecular weight excluding hydrogens is 758 g/mol. The highest BCUT2D eigenvalue weighted by molar-refractivity contribution is 6.30. The van der Waals surface area contributed by atoms with E-state index in [0.717, 1.165) is 87.2 Å². The molecule has 1 amide bonds. The minimum Gasteiger partial charge on any atom is -0.490 e. The van der Waals surface area contributed by atoms with Crippen molar-refractivity contribution in [1.82, 2.24) is 4.90 Å². The molecule has 0 radical (unpaired) electrons. The summed E-state index contributed by atoms with van der Waals surface area (Å²) in [6, 6.07) is 13.5. The number of carbonyl (C=O) groups excluding carboxylic acids is 2. The number of fused-ring (bicyclic) bond motifs is 1. The lowest BCUT2D eigenvalue weighted by molar-refractivity contribution is -0.757. The van der Waals surface area contributed by atoms with E-state index in [4.69, 9.17) is 40.0 Å². The number of likely N-dealkylation sites (tertiary alicyclic amines) is 1. The number of hydrogen-bond donors (Lipinski definition) is 0. The summed E-state index contributed by atoms with van der Waals surface area (Å²) in [6.45, 7) is 5.68. The van der Waals surface area contributed by atoms with Crippen molar-refractivity contribution >= 4 is 29.2 Å². The van der Waals surface area contributed by atoms with Crippen molar-refractivity contribution in [3.63, 3.8) is 0 Å². The van der Waals surface area contributed by atoms with Crippen molar-refractivity contribution in [2.75, 3.05) is 58.0 Å². The summed E-state index contributed by atoms with van der Waals surface area (Å²) >= 11 is 6.07. The van der Waals surface area contributed by atoms with E-state index < -0.39 is 23.4 Å². The van der Waals surface area contributed by atoms with Crippen molar-refractivity contribution < 1.29 is 47.9 Å². The Kier molecular flexibility index (Phi) is 18.3. The largest absolute Gasteiger partial charge is 0.490 e. The molecule has 2 aromatic rings. The third-order valence-electron chi connectivity index (χ3n) is 10.7. The number of hydrogen-bond acceptors (Lipinski definition) is 12. The van der Waals surface area contributed by atoms with E-state index in [1.165, 1.54) is 0 Å². The number of benzene rings is 2. The minimum atomic E-state index is -0.807. The molecule has 0 aromatic heterocycles. The fraction of sp³-hybridized carbons (Fsp3) is 0.667. The van der Waals surface area contributed by atoms with Gasteiger partial charge < -0.3 is 43.1 Å². The van der Waals surface area contributed by atoms with E-state index in [-0.39, 0.29) is 63.2 Å². The Balaban J connectivity index is 1.31. The molecule has 2 aliphatic heterocycles. The van der Waals surface area contributed by atoms with Gasteiger partial charge in [-0.2, -0.15) is 0 Å². The fourth-order valence-corrected chi connectivity index (χ4v) is 7.77. The monoisotopic (exact) mass is 817 g/mol. The lowest BCUT2D eigenvalue weighted by atomic mass is 9.93. The number of rotatable bonds is 23. The Hall–Kier alpha value is -3.85. The van der Waals surface area contributed by atoms with E-state index >= 15 is 0 Å². The van der Waals surface area contributed by atoms with Gasteiger partial charge in [0.05, 0.1) is 44.2 Å². The topological polar surface area (TPSA) is 148 Å². The summed E-state index contributed by atoms with van der Waals surface area (Å²) in [5.74, 6) is 1.20. The summed E-state index contributed by atoms with van der Waals surface area (Å²) in [5.41, 5.74) is 1.95. The molecule has 2 heterocycles. The molecule has 2 fully saturated rings. The number of amides is 1. The van der Waals surface area contributed by atoms with Gasteiger partial charge in [-0.25, -0.2) is 0 Å². The maximum absolute atomic E-state index is 13.7. The second-order valence-corrected chi connectivity index (χ2v) is 15.5. The Morgan fingerprint density at radius 1 is 0.912 bits per heavy atom. The van der Waals surface area contributed by atoms with Crippen LogP contribution >= 0.6 is 11.6 Å². The third kappa shape index (κ3) is 14.5. The maximum atomic E-state index is 13.7. The number of halogens is 1. The summed E-state index contributed by atoms with van der Waals surface area (Å²) in [7, 11) is 1.71. The number of piperidine rings is 1. The number of anilines is 1. The van der Waals surface area contributed by atoms with Crippen LogP contribution in [0.5, 0.6) is 11.5 Å². The second-order valence-electron chi connectivity index (χ2n) is 15.1. The van der Waals surface area contributed by atoms with E-state index in [0.29, 0.717) is 37.5 Å². The fourth-order valence-electron chi connectivity index (χ4n) is 7.64. The van der Waals surface area contributed by atoms with Crippen molar-refractivity contribution in [3.05, 3.63) is 63.2 Å². The van der Waals surface area contributed by atoms with Crippen molar-refractivity contribution in [2.45, 2.75) is 128 Å². The zero-order chi connectivity index (χ0) is 40.4. The van der Waals surface area contributed by atoms with Crippen LogP contribution in [0.3, 0.4) is 0 Å². The Morgan fingerprint density at radius 2 is 1.67 bits per heavy atom. The highest BCUT2D eigenvalue weighted by Gasteiger charge is 2.44. The van der Waals surface area contributed by atoms with Gasteiger partial charge >= 0.3 is 5.97 Å². The van der Waals surface area contributed by atoms with Gasteiger partial charge in [-0.15, -0.1) is 10.1 Å². The normalized spacial score (nSPS) is 22.0. The van der Waals surface area contributed by atoms with Crippen LogP contribution in [0, 0.1) is 10.1 Å². The van der Waals surface area contributed by atoms with Crippen LogP contribution in [-0.4, -0.2) is 105 Å². The van der Waals surface area contributed by atoms with Crippen LogP contribution in [-0.2, 0) is 40.0 Å². The van der Waals surface area contributed by atoms with Gasteiger partial charge in [0.1, 0.15) is 36.4 Å². The number of esters is 1. The first-order valence-corrected chi connectivity index (χ1v) is 21.0. The van der Waals surface area contributed by atoms with Crippen molar-refractivity contribution in [1.29, 1.82) is 0 Å². The highest BCUT2D eigenvalue weighted by Crippen LogP contribution is 2.34. The summed E-state index contributed by atoms with van der Waals surface area (Å²) < 4.78 is 37.3. The number of nitrogens with zero attached hydrogens (tertiary/aromatic N) is 3. The molecule has 0 bridgehead atoms. The molecule has 3 unspecified atom stereocenters. The standard InChI is InChI=1S/C42H60ClN3O11/c1-3-4-6-11-41(48)57-39-29-45(40(47)10-7-5-8-25-54-46(49)50)28-38(42(39)56-35-19-17-34(18-20-35)55-33-15-13-32(43)14-16-33)53-30-31-12-21-37-36(27-31)44(23-26-52-37)22-9-24-51-2/h12-16,21,27,34-35,38-39,42H,3-11,17-20,22-26,28-30H2,1-2H3. The van der Waals surface area contributed by atoms with Gasteiger partial charge in [-0.05, 0) is 93.3 Å². The molecule has 57 heavy (non-hydrogen) atoms. The van der Waals surface area contributed by atoms with Crippen LogP contribution < -0.4 is 14.4 Å². The van der Waals surface area contributed by atoms with Gasteiger partial charge in [0.2, 0.25) is 5.91 Å². The SMILES string of the molecule is CCCCCC(=O)OC1CN(C(=O)CCCCCO[N+](=O)[O-])CC(OCc2ccc3c(c2)N(CCCOC)CCO3)C1OC1CCC(Oc2ccc(Cl)cc2)CC1. The van der Waals surface area contributed by atoms with Crippen LogP contribution in [0.15, 0.2) is 42.5 Å². The van der Waals surface area contributed by atoms with E-state index in [1.54, 1.807) is 12.0 Å². The third-order valence-corrected chi connectivity index (χ3v) is 10.9. The smallest absolute Gasteiger partial charge is 0.306 e. The lowest BCUT2D eigenvalue weighted by Gasteiger charge is -2.44. The van der Waals surface area contributed by atoms with Crippen LogP contribution in [0.25, 0.3) is 0 Å². The molecule has 3 aliphatic rings. The average Bonchev–Trinajstić information content (AvgIpc) is 3.20. The van der Waals surface area contributed by atoms with Gasteiger partial charge in [0.25, 0.3) is 5.09 Å². The zero-order valence-corrected chi connectivity index (χ0v) is 34.2. The van der Waals surface area contributed by atoms with Crippen molar-refractivity contribution in [3.8, 4) is 11.5 Å². The molecule has 316 valence electrons. The number of unbranched alkanes of at least 4 members (excludes halogenated alkanes) is 4. The molecule has 0 spiro atoms. The molecule has 2 aromatic carbocycles. The number of ether oxygens (including phenoxy) is 6. The summed E-state index contributed by atoms with van der Waals surface area (Å²) in [6.07, 6.45) is 6.75. The van der Waals surface area contributed by atoms with Gasteiger partial charge in [0.15, 0.2) is 0 Å². The predicted molar refractivity (Wildman–Crippen MR) is 214 cm³/mol. The highest BCUT2D eigenvalue weighted by atomic mass is 35.5. The van der Waals surface area contributed by atoms with Gasteiger partial charge in [0, 0.05) is 44.7 Å². The van der Waals surface area contributed by atoms with Crippen LogP contribution in [0.4, 0.5) is 5.69 Å². The molecule has 1 saturated carbocycles. The van der Waals surface area contributed by atoms with E-state index in [2.05, 4.69) is 22.7 Å². The Morgan fingerprint density at radius 3 is 2.42 bits per heavy atom. The van der Waals surface area contributed by atoms with Crippen LogP contribution in [0.1, 0.15) is 96.0 Å². The lowest BCUT2D eigenvalue weighted by Crippen LogP contribution is -2.60. The zero-order valence-electron chi connectivity index (χ0n) is 33.5. The molecule has 15 heteroatoms. The van der Waals surface area contributed by atoms with Crippen molar-refractivity contribution in [2.24, 2.45) is 0 Å². The maximum Gasteiger partial charge on any atom is 0.306 e.